The third kappa shape index (κ3) is 2.44. The molecule has 0 aliphatic rings. The van der Waals surface area contributed by atoms with Crippen LogP contribution in [0.25, 0.3) is 10.9 Å². The van der Waals surface area contributed by atoms with Gasteiger partial charge in [0, 0.05) is 40.6 Å². The van der Waals surface area contributed by atoms with Crippen LogP contribution in [0.15, 0.2) is 30.5 Å². The van der Waals surface area contributed by atoms with Crippen LogP contribution >= 0.6 is 0 Å². The minimum Gasteiger partial charge on any atom is -0.480 e. The number of para-hydroxylation sites is 1. The number of H-pyrrole nitrogens is 1. The summed E-state index contributed by atoms with van der Waals surface area (Å²) in [5.41, 5.74) is 7.43. The van der Waals surface area contributed by atoms with Gasteiger partial charge >= 0.3 is 5.97 Å². The number of carboxylic acid groups (broad SMARTS) is 1. The predicted octanol–water partition coefficient (Wildman–Crippen LogP) is 1.12. The zero-order valence-corrected chi connectivity index (χ0v) is 9.56. The maximum absolute atomic E-state index is 10.6. The van der Waals surface area contributed by atoms with Crippen LogP contribution in [0.4, 0.5) is 0 Å². The molecule has 0 spiro atoms. The predicted molar refractivity (Wildman–Crippen MR) is 57.6 cm³/mol. The summed E-state index contributed by atoms with van der Waals surface area (Å²) in [6.07, 6.45) is 2.16. The maximum Gasteiger partial charge on any atom is 0.320 e. The van der Waals surface area contributed by atoms with Gasteiger partial charge in [-0.25, -0.2) is 0 Å². The minimum atomic E-state index is -0.972. The van der Waals surface area contributed by atoms with Crippen molar-refractivity contribution in [3.05, 3.63) is 36.0 Å². The number of aromatic amines is 1. The number of aliphatic carboxylic acids is 1. The zero-order chi connectivity index (χ0) is 10.8. The van der Waals surface area contributed by atoms with Crippen LogP contribution < -0.4 is 5.73 Å². The van der Waals surface area contributed by atoms with Gasteiger partial charge in [0.05, 0.1) is 0 Å². The Morgan fingerprint density at radius 3 is 2.81 bits per heavy atom. The average molecular weight is 260 g/mol. The van der Waals surface area contributed by atoms with Gasteiger partial charge in [-0.1, -0.05) is 18.2 Å². The van der Waals surface area contributed by atoms with Crippen molar-refractivity contribution in [3.8, 4) is 0 Å². The quantitative estimate of drug-likeness (QED) is 0.723. The van der Waals surface area contributed by atoms with E-state index in [1.165, 1.54) is 0 Å². The third-order valence-corrected chi connectivity index (χ3v) is 2.43. The number of carboxylic acids is 1. The Balaban J connectivity index is 0.00000128. The number of benzene rings is 1. The third-order valence-electron chi connectivity index (χ3n) is 2.43. The molecule has 5 heteroatoms. The fourth-order valence-electron chi connectivity index (χ4n) is 1.62. The summed E-state index contributed by atoms with van der Waals surface area (Å²) in [6, 6.07) is 6.91. The molecule has 1 atom stereocenters. The molecule has 2 rings (SSSR count). The van der Waals surface area contributed by atoms with E-state index in [9.17, 15) is 4.79 Å². The van der Waals surface area contributed by atoms with Gasteiger partial charge in [-0.2, -0.15) is 0 Å². The molecule has 4 nitrogen and oxygen atoms in total. The minimum absolute atomic E-state index is 0. The first-order chi connectivity index (χ1) is 7.18. The molecule has 0 saturated heterocycles. The van der Waals surface area contributed by atoms with Gasteiger partial charge in [0.15, 0.2) is 0 Å². The zero-order valence-electron chi connectivity index (χ0n) is 8.46. The number of nitrogens with two attached hydrogens (primary N) is 1. The Morgan fingerprint density at radius 1 is 1.44 bits per heavy atom. The van der Waals surface area contributed by atoms with Gasteiger partial charge in [0.2, 0.25) is 0 Å². The molecule has 0 fully saturated rings. The summed E-state index contributed by atoms with van der Waals surface area (Å²) in [6.45, 7) is 0. The summed E-state index contributed by atoms with van der Waals surface area (Å²) < 4.78 is 0. The molecule has 2 aromatic rings. The van der Waals surface area contributed by atoms with E-state index in [0.29, 0.717) is 6.42 Å². The van der Waals surface area contributed by atoms with Crippen molar-refractivity contribution in [2.45, 2.75) is 12.5 Å². The van der Waals surface area contributed by atoms with Crippen LogP contribution in [0.3, 0.4) is 0 Å². The Kier molecular flexibility index (Phi) is 4.12. The van der Waals surface area contributed by atoms with E-state index in [2.05, 4.69) is 4.98 Å². The van der Waals surface area contributed by atoms with E-state index >= 15 is 0 Å². The van der Waals surface area contributed by atoms with Crippen molar-refractivity contribution in [2.75, 3.05) is 0 Å². The Morgan fingerprint density at radius 2 is 2.12 bits per heavy atom. The molecule has 0 radical (unpaired) electrons. The molecule has 4 N–H and O–H groups in total. The van der Waals surface area contributed by atoms with Crippen molar-refractivity contribution < 1.29 is 27.0 Å². The number of hydrogen-bond acceptors (Lipinski definition) is 2. The maximum atomic E-state index is 10.6. The number of nitrogens with one attached hydrogen (secondary N) is 1. The number of carbonyl (C=O) groups is 1. The van der Waals surface area contributed by atoms with E-state index in [0.717, 1.165) is 16.5 Å². The van der Waals surface area contributed by atoms with Crippen LogP contribution in [0, 0.1) is 0 Å². The van der Waals surface area contributed by atoms with Crippen LogP contribution in [-0.2, 0) is 28.3 Å². The number of aromatic nitrogens is 1. The van der Waals surface area contributed by atoms with Gasteiger partial charge in [-0.15, -0.1) is 0 Å². The molecule has 0 aliphatic carbocycles. The van der Waals surface area contributed by atoms with Gasteiger partial charge in [-0.3, -0.25) is 4.79 Å². The molecule has 0 saturated carbocycles. The molecule has 0 bridgehead atoms. The normalized spacial score (nSPS) is 12.1. The molecule has 1 aromatic heterocycles. The van der Waals surface area contributed by atoms with Crippen LogP contribution in [0.5, 0.6) is 0 Å². The summed E-state index contributed by atoms with van der Waals surface area (Å²) in [5, 5.41) is 9.75. The van der Waals surface area contributed by atoms with Crippen molar-refractivity contribution >= 4 is 16.9 Å². The standard InChI is InChI=1S/C11H12N2O2.Fe/c12-9(11(14)15)5-7-6-13-10-4-2-1-3-8(7)10;/h1-4,6,9,13H,5,12H2,(H,14,15);/t9-;/m0./s1. The largest absolute Gasteiger partial charge is 0.480 e. The Bertz CT molecular complexity index is 495. The topological polar surface area (TPSA) is 79.1 Å². The summed E-state index contributed by atoms with van der Waals surface area (Å²) in [7, 11) is 0. The molecule has 0 aliphatic heterocycles. The van der Waals surface area contributed by atoms with Crippen LogP contribution in [0.2, 0.25) is 0 Å². The average Bonchev–Trinajstić information content (AvgIpc) is 2.62. The first kappa shape index (κ1) is 12.8. The van der Waals surface area contributed by atoms with Gasteiger partial charge in [-0.05, 0) is 11.6 Å². The summed E-state index contributed by atoms with van der Waals surface area (Å²) >= 11 is 0. The van der Waals surface area contributed by atoms with E-state index in [1.54, 1.807) is 0 Å². The second-order valence-corrected chi connectivity index (χ2v) is 3.51. The van der Waals surface area contributed by atoms with E-state index in [1.807, 2.05) is 30.5 Å². The number of rotatable bonds is 3. The van der Waals surface area contributed by atoms with Gasteiger partial charge in [0.1, 0.15) is 6.04 Å². The molecule has 1 heterocycles. The monoisotopic (exact) mass is 260 g/mol. The Hall–Kier alpha value is -1.29. The van der Waals surface area contributed by atoms with E-state index in [4.69, 9.17) is 10.8 Å². The SMILES string of the molecule is N[C@@H](Cc1c[nH]c2ccccc12)C(=O)O.[Fe]. The van der Waals surface area contributed by atoms with Crippen LogP contribution in [-0.4, -0.2) is 22.1 Å². The molecular formula is C11H12FeN2O2. The molecule has 16 heavy (non-hydrogen) atoms. The smallest absolute Gasteiger partial charge is 0.320 e. The van der Waals surface area contributed by atoms with Gasteiger partial charge < -0.3 is 15.8 Å². The fourth-order valence-corrected chi connectivity index (χ4v) is 1.62. The number of hydrogen-bond donors (Lipinski definition) is 3. The summed E-state index contributed by atoms with van der Waals surface area (Å²) in [4.78, 5) is 13.7. The van der Waals surface area contributed by atoms with Crippen molar-refractivity contribution in [1.82, 2.24) is 4.98 Å². The molecule has 0 unspecified atom stereocenters. The molecular weight excluding hydrogens is 248 g/mol. The van der Waals surface area contributed by atoms with Crippen molar-refractivity contribution in [1.29, 1.82) is 0 Å². The fraction of sp³-hybridized carbons (Fsp3) is 0.182. The molecule has 0 amide bonds. The first-order valence-corrected chi connectivity index (χ1v) is 4.72. The van der Waals surface area contributed by atoms with Crippen molar-refractivity contribution in [3.63, 3.8) is 0 Å². The number of fused-ring (bicyclic) bond motifs is 1. The van der Waals surface area contributed by atoms with Crippen LogP contribution in [0.1, 0.15) is 5.56 Å². The second-order valence-electron chi connectivity index (χ2n) is 3.51. The second kappa shape index (κ2) is 5.16. The Labute approximate surface area is 103 Å². The molecule has 86 valence electrons. The van der Waals surface area contributed by atoms with Gasteiger partial charge in [0.25, 0.3) is 0 Å². The summed E-state index contributed by atoms with van der Waals surface area (Å²) in [5.74, 6) is -0.972. The van der Waals surface area contributed by atoms with Crippen molar-refractivity contribution in [2.24, 2.45) is 5.73 Å². The first-order valence-electron chi connectivity index (χ1n) is 4.72. The molecule has 1 aromatic carbocycles. The van der Waals surface area contributed by atoms with E-state index < -0.39 is 12.0 Å². The van der Waals surface area contributed by atoms with E-state index in [-0.39, 0.29) is 17.1 Å².